The Balaban J connectivity index is 2.54. The van der Waals surface area contributed by atoms with Gasteiger partial charge >= 0.3 is 0 Å². The highest BCUT2D eigenvalue weighted by Gasteiger charge is 2.11. The van der Waals surface area contributed by atoms with Crippen LogP contribution in [0.3, 0.4) is 0 Å². The Morgan fingerprint density at radius 1 is 1.44 bits per heavy atom. The summed E-state index contributed by atoms with van der Waals surface area (Å²) in [5.41, 5.74) is 8.27. The highest BCUT2D eigenvalue weighted by Crippen LogP contribution is 2.17. The number of thioether (sulfide) groups is 1. The number of allylic oxidation sites excluding steroid dienone is 2. The standard InChI is InChI=1S/C14H16N2OS/c1-10-5-3-4-6-12(10)8-18-9-14(17)13(7-15)11(2)16/h3-6H,8-9,16H2,1-2H3. The van der Waals surface area contributed by atoms with Crippen molar-refractivity contribution in [3.63, 3.8) is 0 Å². The number of hydrogen-bond acceptors (Lipinski definition) is 4. The Bertz CT molecular complexity index is 511. The first-order valence-corrected chi connectivity index (χ1v) is 6.73. The molecule has 0 spiro atoms. The smallest absolute Gasteiger partial charge is 0.184 e. The van der Waals surface area contributed by atoms with Crippen molar-refractivity contribution < 1.29 is 4.79 Å². The summed E-state index contributed by atoms with van der Waals surface area (Å²) in [4.78, 5) is 11.7. The van der Waals surface area contributed by atoms with Gasteiger partial charge in [0.15, 0.2) is 5.78 Å². The third kappa shape index (κ3) is 3.94. The molecule has 4 heteroatoms. The number of nitrogens with two attached hydrogens (primary N) is 1. The molecule has 0 heterocycles. The van der Waals surface area contributed by atoms with Crippen LogP contribution in [-0.4, -0.2) is 11.5 Å². The molecular formula is C14H16N2OS. The van der Waals surface area contributed by atoms with Crippen molar-refractivity contribution in [1.29, 1.82) is 5.26 Å². The predicted molar refractivity (Wildman–Crippen MR) is 74.8 cm³/mol. The molecule has 0 saturated heterocycles. The first-order valence-electron chi connectivity index (χ1n) is 5.58. The van der Waals surface area contributed by atoms with Crippen LogP contribution in [0.5, 0.6) is 0 Å². The second kappa shape index (κ2) is 6.87. The van der Waals surface area contributed by atoms with Crippen molar-refractivity contribution >= 4 is 17.5 Å². The zero-order valence-corrected chi connectivity index (χ0v) is 11.4. The van der Waals surface area contributed by atoms with Crippen molar-refractivity contribution in [2.75, 3.05) is 5.75 Å². The maximum atomic E-state index is 11.7. The van der Waals surface area contributed by atoms with Crippen LogP contribution < -0.4 is 5.73 Å². The van der Waals surface area contributed by atoms with E-state index >= 15 is 0 Å². The molecule has 1 rings (SSSR count). The van der Waals surface area contributed by atoms with Gasteiger partial charge in [0, 0.05) is 11.4 Å². The Morgan fingerprint density at radius 3 is 2.67 bits per heavy atom. The second-order valence-corrected chi connectivity index (χ2v) is 5.00. The molecule has 0 saturated carbocycles. The number of rotatable bonds is 5. The van der Waals surface area contributed by atoms with E-state index in [1.165, 1.54) is 22.9 Å². The summed E-state index contributed by atoms with van der Waals surface area (Å²) >= 11 is 1.50. The Morgan fingerprint density at radius 2 is 2.11 bits per heavy atom. The van der Waals surface area contributed by atoms with Gasteiger partial charge < -0.3 is 5.73 Å². The normalized spacial score (nSPS) is 11.6. The van der Waals surface area contributed by atoms with Crippen LogP contribution in [0, 0.1) is 18.3 Å². The summed E-state index contributed by atoms with van der Waals surface area (Å²) in [6.45, 7) is 3.62. The molecule has 18 heavy (non-hydrogen) atoms. The van der Waals surface area contributed by atoms with E-state index in [0.29, 0.717) is 5.70 Å². The van der Waals surface area contributed by atoms with E-state index in [2.05, 4.69) is 0 Å². The quantitative estimate of drug-likeness (QED) is 0.652. The van der Waals surface area contributed by atoms with E-state index in [4.69, 9.17) is 11.0 Å². The maximum Gasteiger partial charge on any atom is 0.184 e. The molecule has 0 bridgehead atoms. The molecule has 1 aromatic carbocycles. The van der Waals surface area contributed by atoms with Gasteiger partial charge in [-0.1, -0.05) is 24.3 Å². The van der Waals surface area contributed by atoms with Crippen LogP contribution in [0.2, 0.25) is 0 Å². The highest BCUT2D eigenvalue weighted by molar-refractivity contribution is 7.99. The molecule has 0 aliphatic rings. The number of nitrogens with zero attached hydrogens (tertiary/aromatic N) is 1. The van der Waals surface area contributed by atoms with Gasteiger partial charge in [0.1, 0.15) is 11.6 Å². The minimum atomic E-state index is -0.198. The number of carbonyl (C=O) groups excluding carboxylic acids is 1. The van der Waals surface area contributed by atoms with Crippen LogP contribution in [0.25, 0.3) is 0 Å². The minimum absolute atomic E-state index is 0.0762. The maximum absolute atomic E-state index is 11.7. The summed E-state index contributed by atoms with van der Waals surface area (Å²) in [5.74, 6) is 0.850. The van der Waals surface area contributed by atoms with Crippen molar-refractivity contribution in [3.8, 4) is 6.07 Å². The largest absolute Gasteiger partial charge is 0.401 e. The lowest BCUT2D eigenvalue weighted by atomic mass is 10.1. The van der Waals surface area contributed by atoms with Gasteiger partial charge in [0.05, 0.1) is 5.75 Å². The molecule has 0 unspecified atom stereocenters. The molecule has 0 atom stereocenters. The van der Waals surface area contributed by atoms with E-state index in [1.54, 1.807) is 6.92 Å². The zero-order chi connectivity index (χ0) is 13.5. The van der Waals surface area contributed by atoms with Crippen molar-refractivity contribution in [3.05, 3.63) is 46.7 Å². The van der Waals surface area contributed by atoms with Gasteiger partial charge in [-0.3, -0.25) is 4.79 Å². The van der Waals surface area contributed by atoms with Gasteiger partial charge in [-0.2, -0.15) is 5.26 Å². The first-order chi connectivity index (χ1) is 8.56. The summed E-state index contributed by atoms with van der Waals surface area (Å²) in [5, 5.41) is 8.81. The van der Waals surface area contributed by atoms with Gasteiger partial charge in [0.2, 0.25) is 0 Å². The number of nitriles is 1. The molecule has 0 fully saturated rings. The SMILES string of the molecule is CC(N)=C(C#N)C(=O)CSCc1ccccc1C. The summed E-state index contributed by atoms with van der Waals surface area (Å²) < 4.78 is 0. The average Bonchev–Trinajstić information content (AvgIpc) is 2.32. The molecule has 0 aromatic heterocycles. The van der Waals surface area contributed by atoms with E-state index in [0.717, 1.165) is 5.75 Å². The lowest BCUT2D eigenvalue weighted by Gasteiger charge is -2.05. The fraction of sp³-hybridized carbons (Fsp3) is 0.286. The summed E-state index contributed by atoms with van der Waals surface area (Å²) in [7, 11) is 0. The zero-order valence-electron chi connectivity index (χ0n) is 10.6. The fourth-order valence-electron chi connectivity index (χ4n) is 1.47. The van der Waals surface area contributed by atoms with Crippen molar-refractivity contribution in [2.45, 2.75) is 19.6 Å². The van der Waals surface area contributed by atoms with E-state index < -0.39 is 0 Å². The predicted octanol–water partition coefficient (Wildman–Crippen LogP) is 2.55. The topological polar surface area (TPSA) is 66.9 Å². The van der Waals surface area contributed by atoms with Crippen molar-refractivity contribution in [2.24, 2.45) is 5.73 Å². The van der Waals surface area contributed by atoms with Gasteiger partial charge in [0.25, 0.3) is 0 Å². The molecule has 0 aliphatic heterocycles. The molecule has 0 aliphatic carbocycles. The van der Waals surface area contributed by atoms with E-state index in [-0.39, 0.29) is 17.1 Å². The van der Waals surface area contributed by atoms with Gasteiger partial charge in [-0.05, 0) is 25.0 Å². The summed E-state index contributed by atoms with van der Waals surface area (Å²) in [6.07, 6.45) is 0. The third-order valence-electron chi connectivity index (χ3n) is 2.54. The molecular weight excluding hydrogens is 244 g/mol. The number of carbonyl (C=O) groups is 1. The lowest BCUT2D eigenvalue weighted by Crippen LogP contribution is -2.10. The highest BCUT2D eigenvalue weighted by atomic mass is 32.2. The Hall–Kier alpha value is -1.73. The van der Waals surface area contributed by atoms with Gasteiger partial charge in [-0.15, -0.1) is 11.8 Å². The van der Waals surface area contributed by atoms with Crippen LogP contribution in [0.15, 0.2) is 35.5 Å². The first kappa shape index (κ1) is 14.3. The van der Waals surface area contributed by atoms with Crippen LogP contribution in [0.1, 0.15) is 18.1 Å². The third-order valence-corrected chi connectivity index (χ3v) is 3.52. The molecule has 2 N–H and O–H groups in total. The number of ketones is 1. The number of aryl methyl sites for hydroxylation is 1. The minimum Gasteiger partial charge on any atom is -0.401 e. The van der Waals surface area contributed by atoms with Crippen LogP contribution in [0.4, 0.5) is 0 Å². The Kier molecular flexibility index (Phi) is 5.47. The van der Waals surface area contributed by atoms with E-state index in [9.17, 15) is 4.79 Å². The molecule has 3 nitrogen and oxygen atoms in total. The molecule has 0 amide bonds. The average molecular weight is 260 g/mol. The molecule has 94 valence electrons. The fourth-order valence-corrected chi connectivity index (χ4v) is 2.44. The Labute approximate surface area is 112 Å². The van der Waals surface area contributed by atoms with Crippen molar-refractivity contribution in [1.82, 2.24) is 0 Å². The second-order valence-electron chi connectivity index (χ2n) is 4.01. The van der Waals surface area contributed by atoms with Crippen LogP contribution in [-0.2, 0) is 10.5 Å². The molecule has 0 radical (unpaired) electrons. The number of benzene rings is 1. The monoisotopic (exact) mass is 260 g/mol. The van der Waals surface area contributed by atoms with Crippen LogP contribution >= 0.6 is 11.8 Å². The number of Topliss-reactive ketones (excluding diaryl/α,β-unsaturated/α-hetero) is 1. The van der Waals surface area contributed by atoms with Gasteiger partial charge in [-0.25, -0.2) is 0 Å². The lowest BCUT2D eigenvalue weighted by molar-refractivity contribution is -0.112. The summed E-state index contributed by atoms with van der Waals surface area (Å²) in [6, 6.07) is 9.91. The molecule has 1 aromatic rings. The van der Waals surface area contributed by atoms with E-state index in [1.807, 2.05) is 37.3 Å². The number of hydrogen-bond donors (Lipinski definition) is 1.